The van der Waals surface area contributed by atoms with Crippen molar-refractivity contribution in [2.45, 2.75) is 13.8 Å². The highest BCUT2D eigenvalue weighted by atomic mass is 15.0. The zero-order valence-electron chi connectivity index (χ0n) is 19.8. The molecule has 3 heteroatoms. The van der Waals surface area contributed by atoms with Crippen molar-refractivity contribution < 1.29 is 0 Å². The van der Waals surface area contributed by atoms with Gasteiger partial charge in [0.2, 0.25) is 0 Å². The van der Waals surface area contributed by atoms with Crippen molar-refractivity contribution in [2.24, 2.45) is 0 Å². The van der Waals surface area contributed by atoms with Crippen molar-refractivity contribution in [3.05, 3.63) is 108 Å². The highest BCUT2D eigenvalue weighted by Gasteiger charge is 2.38. The topological polar surface area (TPSA) is 17.0 Å². The summed E-state index contributed by atoms with van der Waals surface area (Å²) in [6, 6.07) is 35.8. The van der Waals surface area contributed by atoms with Gasteiger partial charge in [-0.15, -0.1) is 0 Å². The fraction of sp³-hybridized carbons (Fsp3) is 0.0625. The smallest absolute Gasteiger partial charge is 0.252 e. The van der Waals surface area contributed by atoms with Crippen LogP contribution in [0.1, 0.15) is 11.3 Å². The van der Waals surface area contributed by atoms with Crippen LogP contribution in [-0.4, -0.2) is 11.3 Å². The van der Waals surface area contributed by atoms with Crippen molar-refractivity contribution in [3.8, 4) is 16.8 Å². The quantitative estimate of drug-likeness (QED) is 0.308. The van der Waals surface area contributed by atoms with Crippen molar-refractivity contribution in [3.63, 3.8) is 0 Å². The minimum absolute atomic E-state index is 0.226. The van der Waals surface area contributed by atoms with Gasteiger partial charge in [0, 0.05) is 33.7 Å². The summed E-state index contributed by atoms with van der Waals surface area (Å²) in [7, 11) is 0. The molecule has 2 aliphatic heterocycles. The second-order valence-electron chi connectivity index (χ2n) is 9.91. The van der Waals surface area contributed by atoms with Crippen LogP contribution in [0, 0.1) is 13.8 Å². The molecule has 8 rings (SSSR count). The molecular formula is C32H23BN2. The molecule has 0 saturated carbocycles. The van der Waals surface area contributed by atoms with Gasteiger partial charge in [-0.05, 0) is 75.9 Å². The summed E-state index contributed by atoms with van der Waals surface area (Å²) in [6.45, 7) is 4.73. The fourth-order valence-electron chi connectivity index (χ4n) is 6.52. The van der Waals surface area contributed by atoms with Crippen molar-refractivity contribution >= 4 is 56.2 Å². The summed E-state index contributed by atoms with van der Waals surface area (Å²) < 4.78 is 2.48. The van der Waals surface area contributed by atoms with E-state index in [1.165, 1.54) is 77.5 Å². The number of fused-ring (bicyclic) bond motifs is 5. The van der Waals surface area contributed by atoms with Crippen molar-refractivity contribution in [2.75, 3.05) is 5.32 Å². The number of hydrogen-bond acceptors (Lipinski definition) is 1. The van der Waals surface area contributed by atoms with E-state index in [-0.39, 0.29) is 6.71 Å². The maximum absolute atomic E-state index is 3.81. The summed E-state index contributed by atoms with van der Waals surface area (Å²) in [4.78, 5) is 0. The second kappa shape index (κ2) is 6.67. The second-order valence-corrected chi connectivity index (χ2v) is 9.91. The van der Waals surface area contributed by atoms with Gasteiger partial charge in [-0.1, -0.05) is 78.9 Å². The normalized spacial score (nSPS) is 13.0. The molecule has 35 heavy (non-hydrogen) atoms. The molecule has 2 nitrogen and oxygen atoms in total. The molecule has 2 aliphatic rings. The number of nitrogens with zero attached hydrogens (tertiary/aromatic N) is 1. The Bertz CT molecular complexity index is 1850. The standard InChI is InChI=1S/C32H23BN2/c1-19-20(2)35-30-15-7-14-28-31(30)33(27-13-6-11-23(19)32(27)35)26-17-16-22(18-29(26)34-28)25-12-5-9-21-8-3-4-10-24(21)25/h3-18,34H,1-2H3. The van der Waals surface area contributed by atoms with Crippen LogP contribution in [0.25, 0.3) is 38.5 Å². The Hall–Kier alpha value is -4.24. The number of rotatable bonds is 1. The van der Waals surface area contributed by atoms with E-state index in [0.29, 0.717) is 0 Å². The average molecular weight is 446 g/mol. The van der Waals surface area contributed by atoms with Gasteiger partial charge in [-0.25, -0.2) is 0 Å². The molecule has 0 radical (unpaired) electrons. The SMILES string of the molecule is Cc1c(C)n2c3c(cccc13)B1c3ccc(-c4cccc5ccccc45)cc3Nc3cccc-2c31. The molecule has 5 aromatic carbocycles. The number of aryl methyl sites for hydroxylation is 1. The average Bonchev–Trinajstić information content (AvgIpc) is 3.16. The largest absolute Gasteiger partial charge is 0.356 e. The minimum atomic E-state index is 0.226. The number of anilines is 2. The van der Waals surface area contributed by atoms with E-state index in [1.807, 2.05) is 0 Å². The summed E-state index contributed by atoms with van der Waals surface area (Å²) in [5, 5.41) is 7.74. The van der Waals surface area contributed by atoms with E-state index >= 15 is 0 Å². The molecule has 3 heterocycles. The lowest BCUT2D eigenvalue weighted by Gasteiger charge is -2.34. The van der Waals surface area contributed by atoms with Crippen LogP contribution in [0.5, 0.6) is 0 Å². The molecule has 0 bridgehead atoms. The lowest BCUT2D eigenvalue weighted by molar-refractivity contribution is 1.04. The van der Waals surface area contributed by atoms with E-state index in [4.69, 9.17) is 0 Å². The molecule has 0 saturated heterocycles. The number of para-hydroxylation sites is 1. The highest BCUT2D eigenvalue weighted by molar-refractivity contribution is 7.00. The van der Waals surface area contributed by atoms with E-state index < -0.39 is 0 Å². The summed E-state index contributed by atoms with van der Waals surface area (Å²) in [6.07, 6.45) is 0. The first kappa shape index (κ1) is 19.1. The van der Waals surface area contributed by atoms with E-state index in [1.54, 1.807) is 0 Å². The van der Waals surface area contributed by atoms with Crippen LogP contribution >= 0.6 is 0 Å². The predicted molar refractivity (Wildman–Crippen MR) is 150 cm³/mol. The lowest BCUT2D eigenvalue weighted by atomic mass is 9.34. The zero-order valence-corrected chi connectivity index (χ0v) is 19.8. The highest BCUT2D eigenvalue weighted by Crippen LogP contribution is 2.36. The van der Waals surface area contributed by atoms with Crippen LogP contribution in [0.3, 0.4) is 0 Å². The first-order valence-electron chi connectivity index (χ1n) is 12.3. The van der Waals surface area contributed by atoms with Gasteiger partial charge < -0.3 is 9.88 Å². The third-order valence-electron chi connectivity index (χ3n) is 8.23. The Labute approximate surface area is 204 Å². The Morgan fingerprint density at radius 2 is 1.49 bits per heavy atom. The lowest BCUT2D eigenvalue weighted by Crippen LogP contribution is -2.59. The summed E-state index contributed by atoms with van der Waals surface area (Å²) >= 11 is 0. The number of aromatic nitrogens is 1. The van der Waals surface area contributed by atoms with Crippen molar-refractivity contribution in [1.82, 2.24) is 4.57 Å². The van der Waals surface area contributed by atoms with Crippen LogP contribution < -0.4 is 21.7 Å². The first-order chi connectivity index (χ1) is 17.2. The zero-order chi connectivity index (χ0) is 23.3. The summed E-state index contributed by atoms with van der Waals surface area (Å²) in [5.41, 5.74) is 14.4. The molecular weight excluding hydrogens is 423 g/mol. The third-order valence-corrected chi connectivity index (χ3v) is 8.23. The molecule has 1 aromatic heterocycles. The van der Waals surface area contributed by atoms with Gasteiger partial charge in [-0.2, -0.15) is 0 Å². The van der Waals surface area contributed by atoms with E-state index in [2.05, 4.69) is 121 Å². The Balaban J connectivity index is 1.41. The molecule has 0 unspecified atom stereocenters. The Kier molecular flexibility index (Phi) is 3.64. The molecule has 0 spiro atoms. The molecule has 1 N–H and O–H groups in total. The molecule has 164 valence electrons. The minimum Gasteiger partial charge on any atom is -0.356 e. The van der Waals surface area contributed by atoms with E-state index in [0.717, 1.165) is 0 Å². The Morgan fingerprint density at radius 3 is 2.43 bits per heavy atom. The Morgan fingerprint density at radius 1 is 0.686 bits per heavy atom. The van der Waals surface area contributed by atoms with Gasteiger partial charge in [0.25, 0.3) is 6.71 Å². The predicted octanol–water partition coefficient (Wildman–Crippen LogP) is 5.95. The third kappa shape index (κ3) is 2.40. The van der Waals surface area contributed by atoms with Crippen LogP contribution in [0.4, 0.5) is 11.4 Å². The molecule has 0 aliphatic carbocycles. The van der Waals surface area contributed by atoms with Gasteiger partial charge in [-0.3, -0.25) is 0 Å². The number of nitrogens with one attached hydrogen (secondary N) is 1. The number of benzene rings is 5. The van der Waals surface area contributed by atoms with Crippen LogP contribution in [-0.2, 0) is 0 Å². The van der Waals surface area contributed by atoms with Gasteiger partial charge in [0.1, 0.15) is 0 Å². The maximum Gasteiger partial charge on any atom is 0.252 e. The van der Waals surface area contributed by atoms with Gasteiger partial charge in [0.05, 0.1) is 0 Å². The molecule has 6 aromatic rings. The van der Waals surface area contributed by atoms with E-state index in [9.17, 15) is 0 Å². The summed E-state index contributed by atoms with van der Waals surface area (Å²) in [5.74, 6) is 0. The van der Waals surface area contributed by atoms with Gasteiger partial charge >= 0.3 is 0 Å². The molecule has 0 amide bonds. The van der Waals surface area contributed by atoms with Gasteiger partial charge in [0.15, 0.2) is 0 Å². The van der Waals surface area contributed by atoms with Crippen molar-refractivity contribution in [1.29, 1.82) is 0 Å². The first-order valence-corrected chi connectivity index (χ1v) is 12.3. The fourth-order valence-corrected chi connectivity index (χ4v) is 6.52. The van der Waals surface area contributed by atoms with Crippen LogP contribution in [0.2, 0.25) is 0 Å². The number of hydrogen-bond donors (Lipinski definition) is 1. The monoisotopic (exact) mass is 446 g/mol. The molecule has 0 atom stereocenters. The molecule has 0 fully saturated rings. The maximum atomic E-state index is 3.81. The van der Waals surface area contributed by atoms with Crippen LogP contribution in [0.15, 0.2) is 97.1 Å².